The Morgan fingerprint density at radius 1 is 0.737 bits per heavy atom. The molecule has 3 aromatic carbocycles. The maximum Gasteiger partial charge on any atom is 0.272 e. The molecular weight excluding hydrogens is 492 g/mol. The number of carbonyl (C=O) groups is 1. The van der Waals surface area contributed by atoms with Gasteiger partial charge in [0.2, 0.25) is 0 Å². The smallest absolute Gasteiger partial charge is 0.272 e. The zero-order valence-electron chi connectivity index (χ0n) is 21.9. The summed E-state index contributed by atoms with van der Waals surface area (Å²) in [6, 6.07) is 30.4. The molecule has 6 heteroatoms. The first-order valence-corrected chi connectivity index (χ1v) is 12.8. The van der Waals surface area contributed by atoms with Gasteiger partial charge in [-0.3, -0.25) is 4.79 Å². The largest absolute Gasteiger partial charge is 0.318 e. The third-order valence-corrected chi connectivity index (χ3v) is 7.11. The highest BCUT2D eigenvalue weighted by molar-refractivity contribution is 6.34. The molecule has 0 bridgehead atoms. The summed E-state index contributed by atoms with van der Waals surface area (Å²) >= 11 is 6.48. The normalized spacial score (nSPS) is 11.3. The van der Waals surface area contributed by atoms with Crippen molar-refractivity contribution in [3.8, 4) is 22.5 Å². The van der Waals surface area contributed by atoms with Crippen LogP contribution in [-0.4, -0.2) is 21.3 Å². The van der Waals surface area contributed by atoms with Gasteiger partial charge in [-0.15, -0.1) is 0 Å². The van der Waals surface area contributed by atoms with E-state index in [1.807, 2.05) is 45.0 Å². The second-order valence-corrected chi connectivity index (χ2v) is 9.80. The van der Waals surface area contributed by atoms with Gasteiger partial charge < -0.3 is 9.13 Å². The van der Waals surface area contributed by atoms with Crippen molar-refractivity contribution >= 4 is 23.7 Å². The Morgan fingerprint density at radius 3 is 2.03 bits per heavy atom. The van der Waals surface area contributed by atoms with Crippen molar-refractivity contribution in [2.45, 2.75) is 27.7 Å². The monoisotopic (exact) mass is 520 g/mol. The highest BCUT2D eigenvalue weighted by atomic mass is 35.5. The number of nitrogens with zero attached hydrogens (tertiary/aromatic N) is 3. The van der Waals surface area contributed by atoms with E-state index in [4.69, 9.17) is 11.6 Å². The molecule has 0 aliphatic heterocycles. The van der Waals surface area contributed by atoms with Crippen LogP contribution in [0.25, 0.3) is 22.5 Å². The molecule has 0 saturated heterocycles. The molecule has 0 aliphatic carbocycles. The van der Waals surface area contributed by atoms with Crippen LogP contribution < -0.4 is 5.43 Å². The number of carbonyl (C=O) groups excluding carboxylic acids is 1. The molecule has 0 aliphatic rings. The SMILES string of the molecule is Cc1ccc(C)n1-c1ccc(C(=O)N/N=C\c2cc(C)n(-c3ccc(-c4ccccc4)cc3)c2C)c(Cl)c1. The van der Waals surface area contributed by atoms with Crippen molar-refractivity contribution in [1.29, 1.82) is 0 Å². The van der Waals surface area contributed by atoms with Crippen LogP contribution in [0.5, 0.6) is 0 Å². The summed E-state index contributed by atoms with van der Waals surface area (Å²) in [7, 11) is 0. The van der Waals surface area contributed by atoms with Crippen LogP contribution >= 0.6 is 11.6 Å². The van der Waals surface area contributed by atoms with Crippen LogP contribution in [0.4, 0.5) is 0 Å². The molecule has 0 atom stereocenters. The van der Waals surface area contributed by atoms with Crippen molar-refractivity contribution in [3.63, 3.8) is 0 Å². The second kappa shape index (κ2) is 10.6. The van der Waals surface area contributed by atoms with Gasteiger partial charge in [0, 0.05) is 39.7 Å². The van der Waals surface area contributed by atoms with E-state index in [2.05, 4.69) is 81.2 Å². The summed E-state index contributed by atoms with van der Waals surface area (Å²) in [5.41, 5.74) is 12.6. The zero-order valence-corrected chi connectivity index (χ0v) is 22.6. The Hall–Kier alpha value is -4.35. The Balaban J connectivity index is 1.31. The molecule has 0 fully saturated rings. The van der Waals surface area contributed by atoms with E-state index in [9.17, 15) is 4.79 Å². The van der Waals surface area contributed by atoms with Gasteiger partial charge >= 0.3 is 0 Å². The molecule has 190 valence electrons. The van der Waals surface area contributed by atoms with Crippen LogP contribution in [0, 0.1) is 27.7 Å². The lowest BCUT2D eigenvalue weighted by molar-refractivity contribution is 0.0955. The first-order valence-electron chi connectivity index (χ1n) is 12.5. The molecule has 0 spiro atoms. The summed E-state index contributed by atoms with van der Waals surface area (Å²) in [6.07, 6.45) is 1.67. The van der Waals surface area contributed by atoms with Crippen LogP contribution in [0.3, 0.4) is 0 Å². The number of rotatable bonds is 6. The highest BCUT2D eigenvalue weighted by Crippen LogP contribution is 2.25. The molecule has 0 unspecified atom stereocenters. The minimum absolute atomic E-state index is 0.357. The van der Waals surface area contributed by atoms with E-state index in [-0.39, 0.29) is 5.91 Å². The fourth-order valence-electron chi connectivity index (χ4n) is 4.87. The first-order chi connectivity index (χ1) is 18.3. The number of halogens is 1. The highest BCUT2D eigenvalue weighted by Gasteiger charge is 2.13. The van der Waals surface area contributed by atoms with Crippen LogP contribution in [0.2, 0.25) is 5.02 Å². The zero-order chi connectivity index (χ0) is 26.8. The summed E-state index contributed by atoms with van der Waals surface area (Å²) < 4.78 is 4.27. The third kappa shape index (κ3) is 4.93. The average molecular weight is 521 g/mol. The van der Waals surface area contributed by atoms with Crippen LogP contribution in [-0.2, 0) is 0 Å². The molecule has 5 aromatic rings. The van der Waals surface area contributed by atoms with Gasteiger partial charge in [-0.2, -0.15) is 5.10 Å². The maximum atomic E-state index is 12.8. The van der Waals surface area contributed by atoms with E-state index in [0.29, 0.717) is 10.6 Å². The van der Waals surface area contributed by atoms with Crippen LogP contribution in [0.1, 0.15) is 38.7 Å². The fraction of sp³-hybridized carbons (Fsp3) is 0.125. The number of aromatic nitrogens is 2. The lowest BCUT2D eigenvalue weighted by Gasteiger charge is -2.11. The lowest BCUT2D eigenvalue weighted by Crippen LogP contribution is -2.18. The molecule has 2 heterocycles. The standard InChI is InChI=1S/C32H29ClN4O/c1-21-10-11-22(2)36(21)29-16-17-30(31(33)19-29)32(38)35-34-20-27-18-23(3)37(24(27)4)28-14-12-26(13-15-28)25-8-6-5-7-9-25/h5-20H,1-4H3,(H,35,38)/b34-20-. The van der Waals surface area contributed by atoms with Gasteiger partial charge in [0.05, 0.1) is 16.8 Å². The molecule has 5 nitrogen and oxygen atoms in total. The average Bonchev–Trinajstić information content (AvgIpc) is 3.40. The molecule has 2 aromatic heterocycles. The predicted molar refractivity (Wildman–Crippen MR) is 156 cm³/mol. The van der Waals surface area contributed by atoms with Gasteiger partial charge in [-0.05, 0) is 87.4 Å². The molecule has 1 amide bonds. The predicted octanol–water partition coefficient (Wildman–Crippen LogP) is 7.59. The fourth-order valence-corrected chi connectivity index (χ4v) is 5.13. The van der Waals surface area contributed by atoms with Gasteiger partial charge in [-0.25, -0.2) is 5.43 Å². The molecular formula is C32H29ClN4O. The molecule has 5 rings (SSSR count). The van der Waals surface area contributed by atoms with Gasteiger partial charge in [0.15, 0.2) is 0 Å². The van der Waals surface area contributed by atoms with Crippen molar-refractivity contribution in [3.05, 3.63) is 130 Å². The van der Waals surface area contributed by atoms with E-state index < -0.39 is 0 Å². The number of hydrogen-bond donors (Lipinski definition) is 1. The number of hydrazone groups is 1. The first kappa shape index (κ1) is 25.3. The van der Waals surface area contributed by atoms with Crippen molar-refractivity contribution < 1.29 is 4.79 Å². The number of aryl methyl sites for hydroxylation is 3. The summed E-state index contributed by atoms with van der Waals surface area (Å²) in [5, 5.41) is 4.60. The Morgan fingerprint density at radius 2 is 1.37 bits per heavy atom. The number of nitrogens with one attached hydrogen (secondary N) is 1. The van der Waals surface area contributed by atoms with Crippen molar-refractivity contribution in [1.82, 2.24) is 14.6 Å². The number of amides is 1. The number of benzene rings is 3. The summed E-state index contributed by atoms with van der Waals surface area (Å²) in [6.45, 7) is 8.17. The topological polar surface area (TPSA) is 51.3 Å². The molecule has 38 heavy (non-hydrogen) atoms. The maximum absolute atomic E-state index is 12.8. The van der Waals surface area contributed by atoms with E-state index in [1.54, 1.807) is 18.3 Å². The van der Waals surface area contributed by atoms with Gasteiger partial charge in [-0.1, -0.05) is 54.1 Å². The van der Waals surface area contributed by atoms with E-state index in [1.165, 1.54) is 11.1 Å². The van der Waals surface area contributed by atoms with Crippen molar-refractivity contribution in [2.24, 2.45) is 5.10 Å². The van der Waals surface area contributed by atoms with E-state index in [0.717, 1.165) is 39.7 Å². The minimum Gasteiger partial charge on any atom is -0.318 e. The molecule has 0 radical (unpaired) electrons. The number of hydrogen-bond acceptors (Lipinski definition) is 2. The minimum atomic E-state index is -0.357. The van der Waals surface area contributed by atoms with Gasteiger partial charge in [0.25, 0.3) is 5.91 Å². The summed E-state index contributed by atoms with van der Waals surface area (Å²) in [5.74, 6) is -0.357. The quantitative estimate of drug-likeness (QED) is 0.182. The van der Waals surface area contributed by atoms with Gasteiger partial charge in [0.1, 0.15) is 0 Å². The van der Waals surface area contributed by atoms with E-state index >= 15 is 0 Å². The van der Waals surface area contributed by atoms with Crippen molar-refractivity contribution in [2.75, 3.05) is 0 Å². The second-order valence-electron chi connectivity index (χ2n) is 9.39. The summed E-state index contributed by atoms with van der Waals surface area (Å²) in [4.78, 5) is 12.8. The Kier molecular flexibility index (Phi) is 7.03. The Bertz CT molecular complexity index is 1620. The lowest BCUT2D eigenvalue weighted by atomic mass is 10.1. The van der Waals surface area contributed by atoms with Crippen LogP contribution in [0.15, 0.2) is 96.1 Å². The molecule has 0 saturated carbocycles. The molecule has 1 N–H and O–H groups in total. The third-order valence-electron chi connectivity index (χ3n) is 6.80. The Labute approximate surface area is 228 Å².